The Kier molecular flexibility index (Phi) is 69.1. The van der Waals surface area contributed by atoms with Crippen molar-refractivity contribution in [3.05, 3.63) is 60.8 Å². The normalized spacial score (nSPS) is 12.4. The van der Waals surface area contributed by atoms with Gasteiger partial charge in [0.1, 0.15) is 13.2 Å². The minimum absolute atomic E-state index is 0.0742. The highest BCUT2D eigenvalue weighted by Gasteiger charge is 2.19. The summed E-state index contributed by atoms with van der Waals surface area (Å²) in [5, 5.41) is 0. The Morgan fingerprint density at radius 3 is 0.747 bits per heavy atom. The van der Waals surface area contributed by atoms with E-state index >= 15 is 0 Å². The fourth-order valence-corrected chi connectivity index (χ4v) is 11.0. The highest BCUT2D eigenvalue weighted by molar-refractivity contribution is 5.71. The highest BCUT2D eigenvalue weighted by Crippen LogP contribution is 2.19. The molecule has 0 aromatic carbocycles. The highest BCUT2D eigenvalue weighted by atomic mass is 16.6. The van der Waals surface area contributed by atoms with Crippen LogP contribution in [0.2, 0.25) is 0 Å². The average molecular weight is 1160 g/mol. The maximum Gasteiger partial charge on any atom is 0.306 e. The van der Waals surface area contributed by atoms with Crippen molar-refractivity contribution < 1.29 is 28.6 Å². The van der Waals surface area contributed by atoms with Crippen LogP contribution < -0.4 is 0 Å². The van der Waals surface area contributed by atoms with Gasteiger partial charge in [-0.25, -0.2) is 0 Å². The van der Waals surface area contributed by atoms with E-state index in [1.807, 2.05) is 0 Å². The van der Waals surface area contributed by atoms with E-state index in [2.05, 4.69) is 81.5 Å². The zero-order valence-electron chi connectivity index (χ0n) is 55.7. The first-order valence-corrected chi connectivity index (χ1v) is 36.8. The Balaban J connectivity index is 4.29. The van der Waals surface area contributed by atoms with E-state index < -0.39 is 6.10 Å². The lowest BCUT2D eigenvalue weighted by molar-refractivity contribution is -0.167. The molecule has 0 bridgehead atoms. The van der Waals surface area contributed by atoms with E-state index in [4.69, 9.17) is 14.2 Å². The second-order valence-corrected chi connectivity index (χ2v) is 24.8. The second kappa shape index (κ2) is 71.6. The van der Waals surface area contributed by atoms with Gasteiger partial charge in [0.2, 0.25) is 0 Å². The maximum absolute atomic E-state index is 13.0. The van der Waals surface area contributed by atoms with Gasteiger partial charge in [-0.05, 0) is 83.5 Å². The van der Waals surface area contributed by atoms with Crippen LogP contribution in [0.25, 0.3) is 0 Å². The molecule has 0 aliphatic heterocycles. The molecule has 0 N–H and O–H groups in total. The quantitative estimate of drug-likeness (QED) is 0.0261. The van der Waals surface area contributed by atoms with Crippen molar-refractivity contribution in [1.82, 2.24) is 0 Å². The number of esters is 3. The Bertz CT molecular complexity index is 1470. The first kappa shape index (κ1) is 80.1. The molecule has 0 aromatic rings. The number of allylic oxidation sites excluding steroid dienone is 10. The van der Waals surface area contributed by atoms with E-state index in [0.29, 0.717) is 19.3 Å². The SMILES string of the molecule is CC/C=C\C/C=C\C/C=C\C/C=C\CCCCCCCCCCCCC(=O)OC(COC(=O)CCCCCCC/C=C\CCCCCCCCC)COC(=O)CCCCCCCCCCCCCCCCCCCCCCCCCCCC. The first-order chi connectivity index (χ1) is 41.0. The van der Waals surface area contributed by atoms with Crippen molar-refractivity contribution in [2.45, 2.75) is 399 Å². The molecule has 0 aromatic heterocycles. The van der Waals surface area contributed by atoms with Crippen molar-refractivity contribution in [2.24, 2.45) is 0 Å². The summed E-state index contributed by atoms with van der Waals surface area (Å²) in [6.07, 6.45) is 92.6. The summed E-state index contributed by atoms with van der Waals surface area (Å²) < 4.78 is 17.0. The lowest BCUT2D eigenvalue weighted by atomic mass is 10.0. The maximum atomic E-state index is 13.0. The standard InChI is InChI=1S/C77H140O6/c1-4-7-10-13-16-19-22-25-28-31-33-35-37-38-39-41-42-44-46-49-52-55-58-61-64-67-70-76(79)82-73-74(72-81-75(78)69-66-63-60-57-54-51-48-30-27-24-21-18-15-12-9-6-3)83-77(80)71-68-65-62-59-56-53-50-47-45-43-40-36-34-32-29-26-23-20-17-14-11-8-5-2/h8,11,17,20,26,29-30,34,36,48,74H,4-7,9-10,12-16,18-19,21-25,27-28,31-33,35,37-47,49-73H2,1-3H3/b11-8-,20-17-,29-26-,36-34-,48-30-. The molecule has 1 atom stereocenters. The fourth-order valence-electron chi connectivity index (χ4n) is 11.0. The lowest BCUT2D eigenvalue weighted by Gasteiger charge is -2.18. The Morgan fingerprint density at radius 2 is 0.470 bits per heavy atom. The van der Waals surface area contributed by atoms with Gasteiger partial charge in [-0.15, -0.1) is 0 Å². The molecule has 0 aliphatic carbocycles. The molecule has 6 heteroatoms. The van der Waals surface area contributed by atoms with Crippen LogP contribution in [-0.2, 0) is 28.6 Å². The fraction of sp³-hybridized carbons (Fsp3) is 0.831. The number of carbonyl (C=O) groups excluding carboxylic acids is 3. The summed E-state index contributed by atoms with van der Waals surface area (Å²) in [5.74, 6) is -0.860. The molecule has 0 fully saturated rings. The predicted octanol–water partition coefficient (Wildman–Crippen LogP) is 25.5. The van der Waals surface area contributed by atoms with Gasteiger partial charge < -0.3 is 14.2 Å². The van der Waals surface area contributed by atoms with Gasteiger partial charge in [0.05, 0.1) is 0 Å². The summed E-state index contributed by atoms with van der Waals surface area (Å²) in [6, 6.07) is 0. The zero-order chi connectivity index (χ0) is 59.9. The van der Waals surface area contributed by atoms with E-state index in [0.717, 1.165) is 89.9 Å². The van der Waals surface area contributed by atoms with Crippen LogP contribution in [0, 0.1) is 0 Å². The van der Waals surface area contributed by atoms with E-state index in [1.54, 1.807) is 0 Å². The minimum atomic E-state index is -0.780. The molecule has 0 spiro atoms. The van der Waals surface area contributed by atoms with Crippen molar-refractivity contribution in [3.8, 4) is 0 Å². The molecule has 0 radical (unpaired) electrons. The van der Waals surface area contributed by atoms with Gasteiger partial charge in [0, 0.05) is 19.3 Å². The van der Waals surface area contributed by atoms with Crippen LogP contribution in [0.5, 0.6) is 0 Å². The summed E-state index contributed by atoms with van der Waals surface area (Å²) in [5.41, 5.74) is 0. The molecule has 0 aliphatic rings. The van der Waals surface area contributed by atoms with Crippen molar-refractivity contribution in [3.63, 3.8) is 0 Å². The number of carbonyl (C=O) groups is 3. The van der Waals surface area contributed by atoms with E-state index in [9.17, 15) is 14.4 Å². The topological polar surface area (TPSA) is 78.9 Å². The average Bonchev–Trinajstić information content (AvgIpc) is 3.50. The first-order valence-electron chi connectivity index (χ1n) is 36.8. The monoisotopic (exact) mass is 1160 g/mol. The zero-order valence-corrected chi connectivity index (χ0v) is 55.7. The van der Waals surface area contributed by atoms with Gasteiger partial charge in [0.25, 0.3) is 0 Å². The van der Waals surface area contributed by atoms with Gasteiger partial charge >= 0.3 is 17.9 Å². The predicted molar refractivity (Wildman–Crippen MR) is 362 cm³/mol. The number of hydrogen-bond acceptors (Lipinski definition) is 6. The number of hydrogen-bond donors (Lipinski definition) is 0. The molecule has 83 heavy (non-hydrogen) atoms. The van der Waals surface area contributed by atoms with Crippen molar-refractivity contribution in [1.29, 1.82) is 0 Å². The van der Waals surface area contributed by atoms with Gasteiger partial charge in [0.15, 0.2) is 6.10 Å². The largest absolute Gasteiger partial charge is 0.462 e. The molecule has 484 valence electrons. The van der Waals surface area contributed by atoms with Crippen molar-refractivity contribution >= 4 is 17.9 Å². The third kappa shape index (κ3) is 69.8. The Morgan fingerprint density at radius 1 is 0.253 bits per heavy atom. The van der Waals surface area contributed by atoms with Crippen LogP contribution in [0.3, 0.4) is 0 Å². The van der Waals surface area contributed by atoms with Crippen LogP contribution in [0.4, 0.5) is 0 Å². The minimum Gasteiger partial charge on any atom is -0.462 e. The molecule has 0 heterocycles. The summed E-state index contributed by atoms with van der Waals surface area (Å²) in [4.78, 5) is 38.5. The Hall–Kier alpha value is -2.89. The molecule has 0 rings (SSSR count). The van der Waals surface area contributed by atoms with E-state index in [-0.39, 0.29) is 31.1 Å². The molecule has 0 amide bonds. The summed E-state index contributed by atoms with van der Waals surface area (Å²) in [7, 11) is 0. The molecule has 6 nitrogen and oxygen atoms in total. The van der Waals surface area contributed by atoms with Crippen molar-refractivity contribution in [2.75, 3.05) is 13.2 Å². The third-order valence-electron chi connectivity index (χ3n) is 16.5. The molecule has 0 saturated carbocycles. The molecule has 0 saturated heterocycles. The number of rotatable bonds is 68. The molecular weight excluding hydrogens is 1020 g/mol. The summed E-state index contributed by atoms with van der Waals surface area (Å²) >= 11 is 0. The third-order valence-corrected chi connectivity index (χ3v) is 16.5. The molecule has 1 unspecified atom stereocenters. The van der Waals surface area contributed by atoms with Gasteiger partial charge in [-0.1, -0.05) is 351 Å². The second-order valence-electron chi connectivity index (χ2n) is 24.8. The van der Waals surface area contributed by atoms with Crippen LogP contribution >= 0.6 is 0 Å². The lowest BCUT2D eigenvalue weighted by Crippen LogP contribution is -2.30. The van der Waals surface area contributed by atoms with Crippen LogP contribution in [-0.4, -0.2) is 37.2 Å². The smallest absolute Gasteiger partial charge is 0.306 e. The summed E-state index contributed by atoms with van der Waals surface area (Å²) in [6.45, 7) is 6.59. The number of unbranched alkanes of at least 4 members (excludes halogenated alkanes) is 47. The van der Waals surface area contributed by atoms with Gasteiger partial charge in [-0.2, -0.15) is 0 Å². The molecular formula is C77H140O6. The Labute approximate surface area is 517 Å². The number of ether oxygens (including phenoxy) is 3. The van der Waals surface area contributed by atoms with Crippen LogP contribution in [0.15, 0.2) is 60.8 Å². The van der Waals surface area contributed by atoms with Crippen LogP contribution in [0.1, 0.15) is 393 Å². The van der Waals surface area contributed by atoms with E-state index in [1.165, 1.54) is 263 Å². The van der Waals surface area contributed by atoms with Gasteiger partial charge in [-0.3, -0.25) is 14.4 Å².